The van der Waals surface area contributed by atoms with E-state index in [0.717, 1.165) is 19.3 Å². The number of esters is 1. The molecule has 114 valence electrons. The highest BCUT2D eigenvalue weighted by molar-refractivity contribution is 5.84. The number of nitrogens with zero attached hydrogens (tertiary/aromatic N) is 1. The molecule has 0 aliphatic carbocycles. The number of hydrogen-bond acceptors (Lipinski definition) is 4. The van der Waals surface area contributed by atoms with Crippen LogP contribution in [0.3, 0.4) is 0 Å². The van der Waals surface area contributed by atoms with Gasteiger partial charge in [-0.1, -0.05) is 52.4 Å². The van der Waals surface area contributed by atoms with Gasteiger partial charge in [-0.05, 0) is 19.3 Å². The van der Waals surface area contributed by atoms with Gasteiger partial charge in [0.25, 0.3) is 0 Å². The molecule has 1 aromatic rings. The average molecular weight is 281 g/mol. The standard InChI is InChI=1S/C16H27NO3/c1-3-5-6-7-8-9-10-11-14(4-2)20-16(18)15-17-12-13-19-15/h12-14H,3-11H2,1-2H3. The SMILES string of the molecule is CCCCCCCCCC(CC)OC(=O)c1ncco1. The van der Waals surface area contributed by atoms with Crippen LogP contribution in [-0.2, 0) is 4.74 Å². The minimum Gasteiger partial charge on any atom is -0.455 e. The Labute approximate surface area is 121 Å². The monoisotopic (exact) mass is 281 g/mol. The minimum absolute atomic E-state index is 0.0231. The van der Waals surface area contributed by atoms with Gasteiger partial charge in [0, 0.05) is 0 Å². The third-order valence-electron chi connectivity index (χ3n) is 3.47. The quantitative estimate of drug-likeness (QED) is 0.434. The number of aromatic nitrogens is 1. The maximum Gasteiger partial charge on any atom is 0.394 e. The molecule has 0 spiro atoms. The van der Waals surface area contributed by atoms with E-state index in [9.17, 15) is 4.79 Å². The van der Waals surface area contributed by atoms with Gasteiger partial charge in [-0.2, -0.15) is 0 Å². The summed E-state index contributed by atoms with van der Waals surface area (Å²) >= 11 is 0. The van der Waals surface area contributed by atoms with Crippen molar-refractivity contribution < 1.29 is 13.9 Å². The third kappa shape index (κ3) is 6.73. The first-order chi connectivity index (χ1) is 9.77. The van der Waals surface area contributed by atoms with Crippen molar-refractivity contribution in [3.8, 4) is 0 Å². The molecule has 1 atom stereocenters. The zero-order valence-electron chi connectivity index (χ0n) is 12.8. The van der Waals surface area contributed by atoms with Crippen molar-refractivity contribution in [1.29, 1.82) is 0 Å². The predicted molar refractivity (Wildman–Crippen MR) is 78.6 cm³/mol. The van der Waals surface area contributed by atoms with Gasteiger partial charge in [0.1, 0.15) is 12.4 Å². The molecule has 0 N–H and O–H groups in total. The van der Waals surface area contributed by atoms with E-state index in [2.05, 4.69) is 11.9 Å². The highest BCUT2D eigenvalue weighted by Gasteiger charge is 2.17. The molecule has 0 saturated carbocycles. The molecule has 1 aromatic heterocycles. The van der Waals surface area contributed by atoms with Crippen LogP contribution in [0, 0.1) is 0 Å². The number of ether oxygens (including phenoxy) is 1. The average Bonchev–Trinajstić information content (AvgIpc) is 2.99. The van der Waals surface area contributed by atoms with Gasteiger partial charge in [0.2, 0.25) is 0 Å². The van der Waals surface area contributed by atoms with Gasteiger partial charge in [-0.3, -0.25) is 0 Å². The fourth-order valence-corrected chi connectivity index (χ4v) is 2.20. The lowest BCUT2D eigenvalue weighted by Gasteiger charge is -2.14. The first-order valence-electron chi connectivity index (χ1n) is 7.88. The summed E-state index contributed by atoms with van der Waals surface area (Å²) in [5.41, 5.74) is 0. The fraction of sp³-hybridized carbons (Fsp3) is 0.750. The second-order valence-electron chi connectivity index (χ2n) is 5.18. The number of unbranched alkanes of at least 4 members (excludes halogenated alkanes) is 6. The summed E-state index contributed by atoms with van der Waals surface area (Å²) in [6.07, 6.45) is 13.5. The molecule has 0 saturated heterocycles. The summed E-state index contributed by atoms with van der Waals surface area (Å²) in [5, 5.41) is 0. The molecular weight excluding hydrogens is 254 g/mol. The smallest absolute Gasteiger partial charge is 0.394 e. The fourth-order valence-electron chi connectivity index (χ4n) is 2.20. The van der Waals surface area contributed by atoms with Crippen molar-refractivity contribution in [1.82, 2.24) is 4.98 Å². The van der Waals surface area contributed by atoms with Gasteiger partial charge in [0.05, 0.1) is 6.20 Å². The number of carbonyl (C=O) groups excluding carboxylic acids is 1. The molecule has 0 aliphatic rings. The van der Waals surface area contributed by atoms with E-state index in [1.165, 1.54) is 51.0 Å². The van der Waals surface area contributed by atoms with Crippen LogP contribution < -0.4 is 0 Å². The Morgan fingerprint density at radius 2 is 1.90 bits per heavy atom. The van der Waals surface area contributed by atoms with Gasteiger partial charge >= 0.3 is 11.9 Å². The Morgan fingerprint density at radius 3 is 2.50 bits per heavy atom. The van der Waals surface area contributed by atoms with Crippen LogP contribution in [0.15, 0.2) is 16.9 Å². The van der Waals surface area contributed by atoms with Crippen molar-refractivity contribution in [3.05, 3.63) is 18.4 Å². The number of rotatable bonds is 11. The van der Waals surface area contributed by atoms with Crippen LogP contribution in [0.2, 0.25) is 0 Å². The van der Waals surface area contributed by atoms with Gasteiger partial charge in [-0.15, -0.1) is 0 Å². The molecule has 0 radical (unpaired) electrons. The van der Waals surface area contributed by atoms with Gasteiger partial charge in [0.15, 0.2) is 0 Å². The summed E-state index contributed by atoms with van der Waals surface area (Å²) in [5.74, 6) is -0.409. The molecular formula is C16H27NO3. The van der Waals surface area contributed by atoms with E-state index >= 15 is 0 Å². The summed E-state index contributed by atoms with van der Waals surface area (Å²) in [4.78, 5) is 15.5. The maximum absolute atomic E-state index is 11.7. The van der Waals surface area contributed by atoms with E-state index in [-0.39, 0.29) is 12.0 Å². The number of carbonyl (C=O) groups is 1. The number of hydrogen-bond donors (Lipinski definition) is 0. The van der Waals surface area contributed by atoms with Gasteiger partial charge in [-0.25, -0.2) is 9.78 Å². The molecule has 1 unspecified atom stereocenters. The topological polar surface area (TPSA) is 52.3 Å². The molecule has 0 fully saturated rings. The number of oxazole rings is 1. The van der Waals surface area contributed by atoms with Crippen LogP contribution in [0.4, 0.5) is 0 Å². The Kier molecular flexibility index (Phi) is 8.76. The zero-order valence-corrected chi connectivity index (χ0v) is 12.8. The molecule has 0 bridgehead atoms. The first-order valence-corrected chi connectivity index (χ1v) is 7.88. The summed E-state index contributed by atoms with van der Waals surface area (Å²) < 4.78 is 10.3. The lowest BCUT2D eigenvalue weighted by molar-refractivity contribution is 0.0222. The highest BCUT2D eigenvalue weighted by atomic mass is 16.6. The Hall–Kier alpha value is -1.32. The van der Waals surface area contributed by atoms with Crippen LogP contribution in [0.5, 0.6) is 0 Å². The van der Waals surface area contributed by atoms with Gasteiger partial charge < -0.3 is 9.15 Å². The van der Waals surface area contributed by atoms with E-state index in [1.54, 1.807) is 0 Å². The molecule has 4 nitrogen and oxygen atoms in total. The van der Waals surface area contributed by atoms with Crippen molar-refractivity contribution in [2.24, 2.45) is 0 Å². The van der Waals surface area contributed by atoms with Crippen molar-refractivity contribution in [3.63, 3.8) is 0 Å². The van der Waals surface area contributed by atoms with Crippen LogP contribution in [0.1, 0.15) is 82.3 Å². The van der Waals surface area contributed by atoms with Crippen molar-refractivity contribution >= 4 is 5.97 Å². The second kappa shape index (κ2) is 10.5. The van der Waals surface area contributed by atoms with E-state index in [0.29, 0.717) is 0 Å². The molecule has 1 rings (SSSR count). The Balaban J connectivity index is 2.12. The van der Waals surface area contributed by atoms with E-state index < -0.39 is 5.97 Å². The maximum atomic E-state index is 11.7. The lowest BCUT2D eigenvalue weighted by atomic mass is 10.1. The Morgan fingerprint density at radius 1 is 1.20 bits per heavy atom. The van der Waals surface area contributed by atoms with Crippen molar-refractivity contribution in [2.75, 3.05) is 0 Å². The third-order valence-corrected chi connectivity index (χ3v) is 3.47. The van der Waals surface area contributed by atoms with Crippen LogP contribution >= 0.6 is 0 Å². The highest BCUT2D eigenvalue weighted by Crippen LogP contribution is 2.14. The summed E-state index contributed by atoms with van der Waals surface area (Å²) in [6.45, 7) is 4.27. The van der Waals surface area contributed by atoms with E-state index in [4.69, 9.17) is 9.15 Å². The van der Waals surface area contributed by atoms with Crippen molar-refractivity contribution in [2.45, 2.75) is 77.7 Å². The normalized spacial score (nSPS) is 12.3. The second-order valence-corrected chi connectivity index (χ2v) is 5.18. The molecule has 1 heterocycles. The van der Waals surface area contributed by atoms with Crippen LogP contribution in [0.25, 0.3) is 0 Å². The molecule has 4 heteroatoms. The minimum atomic E-state index is -0.454. The molecule has 0 aliphatic heterocycles. The summed E-state index contributed by atoms with van der Waals surface area (Å²) in [6, 6.07) is 0. The molecule has 0 aromatic carbocycles. The van der Waals surface area contributed by atoms with Crippen LogP contribution in [-0.4, -0.2) is 17.1 Å². The molecule has 20 heavy (non-hydrogen) atoms. The molecule has 0 amide bonds. The predicted octanol–water partition coefficient (Wildman–Crippen LogP) is 4.75. The van der Waals surface area contributed by atoms with E-state index in [1.807, 2.05) is 6.92 Å². The summed E-state index contributed by atoms with van der Waals surface area (Å²) in [7, 11) is 0. The largest absolute Gasteiger partial charge is 0.455 e. The lowest BCUT2D eigenvalue weighted by Crippen LogP contribution is -2.17. The zero-order chi connectivity index (χ0) is 14.6. The Bertz CT molecular complexity index is 349. The first kappa shape index (κ1) is 16.7.